The standard InChI is InChI=1S/C21H18FN5O3S/c22-18-13-20-19(23-25-24-20)12-17(18)21(28)26-7-9-27(10-8-26)31(29,30)16-6-5-14-3-1-2-4-15(14)11-16/h1-6,11-13H,7-10H2,(H,23,24,25). The summed E-state index contributed by atoms with van der Waals surface area (Å²) in [5.74, 6) is -1.18. The van der Waals surface area contributed by atoms with E-state index in [1.54, 1.807) is 18.2 Å². The van der Waals surface area contributed by atoms with Crippen molar-refractivity contribution in [1.82, 2.24) is 24.6 Å². The smallest absolute Gasteiger partial charge is 0.257 e. The van der Waals surface area contributed by atoms with Gasteiger partial charge in [0.25, 0.3) is 5.91 Å². The van der Waals surface area contributed by atoms with E-state index < -0.39 is 21.7 Å². The highest BCUT2D eigenvalue weighted by Gasteiger charge is 2.31. The maximum absolute atomic E-state index is 14.4. The summed E-state index contributed by atoms with van der Waals surface area (Å²) in [5, 5.41) is 11.9. The molecule has 3 aromatic carbocycles. The van der Waals surface area contributed by atoms with Crippen LogP contribution in [0.3, 0.4) is 0 Å². The molecule has 10 heteroatoms. The first-order chi connectivity index (χ1) is 14.9. The number of benzene rings is 3. The van der Waals surface area contributed by atoms with Gasteiger partial charge in [-0.3, -0.25) is 4.79 Å². The largest absolute Gasteiger partial charge is 0.336 e. The second-order valence-electron chi connectivity index (χ2n) is 7.35. The topological polar surface area (TPSA) is 99.3 Å². The number of carbonyl (C=O) groups excluding carboxylic acids is 1. The molecule has 1 fully saturated rings. The number of nitrogens with zero attached hydrogens (tertiary/aromatic N) is 4. The first-order valence-electron chi connectivity index (χ1n) is 9.72. The van der Waals surface area contributed by atoms with E-state index in [4.69, 9.17) is 0 Å². The molecule has 1 aliphatic heterocycles. The van der Waals surface area contributed by atoms with Crippen LogP contribution in [0.4, 0.5) is 4.39 Å². The Hall–Kier alpha value is -3.37. The van der Waals surface area contributed by atoms with Gasteiger partial charge >= 0.3 is 0 Å². The number of H-pyrrole nitrogens is 1. The van der Waals surface area contributed by atoms with Gasteiger partial charge in [0, 0.05) is 32.2 Å². The number of aromatic amines is 1. The van der Waals surface area contributed by atoms with Crippen LogP contribution in [-0.2, 0) is 10.0 Å². The molecule has 31 heavy (non-hydrogen) atoms. The number of halogens is 1. The maximum atomic E-state index is 14.4. The summed E-state index contributed by atoms with van der Waals surface area (Å²) in [4.78, 5) is 14.5. The molecule has 0 radical (unpaired) electrons. The van der Waals surface area contributed by atoms with Crippen molar-refractivity contribution < 1.29 is 17.6 Å². The Morgan fingerprint density at radius 3 is 2.32 bits per heavy atom. The molecular weight excluding hydrogens is 421 g/mol. The summed E-state index contributed by atoms with van der Waals surface area (Å²) in [6, 6.07) is 15.1. The molecular formula is C21H18FN5O3S. The minimum atomic E-state index is -3.70. The Morgan fingerprint density at radius 2 is 1.58 bits per heavy atom. The van der Waals surface area contributed by atoms with Crippen LogP contribution in [-0.4, -0.2) is 65.1 Å². The van der Waals surface area contributed by atoms with Crippen LogP contribution in [0, 0.1) is 5.82 Å². The lowest BCUT2D eigenvalue weighted by molar-refractivity contribution is 0.0693. The van der Waals surface area contributed by atoms with Gasteiger partial charge in [0.2, 0.25) is 10.0 Å². The summed E-state index contributed by atoms with van der Waals surface area (Å²) in [6.45, 7) is 0.604. The molecule has 1 aliphatic rings. The highest BCUT2D eigenvalue weighted by atomic mass is 32.2. The molecule has 5 rings (SSSR count). The van der Waals surface area contributed by atoms with Crippen LogP contribution in [0.25, 0.3) is 21.8 Å². The molecule has 2 heterocycles. The van der Waals surface area contributed by atoms with Gasteiger partial charge < -0.3 is 4.90 Å². The van der Waals surface area contributed by atoms with Gasteiger partial charge in [-0.05, 0) is 29.0 Å². The number of nitrogens with one attached hydrogen (secondary N) is 1. The minimum Gasteiger partial charge on any atom is -0.336 e. The monoisotopic (exact) mass is 439 g/mol. The van der Waals surface area contributed by atoms with Crippen molar-refractivity contribution >= 4 is 37.7 Å². The summed E-state index contributed by atoms with van der Waals surface area (Å²) in [5.41, 5.74) is 0.620. The van der Waals surface area contributed by atoms with E-state index in [2.05, 4.69) is 15.4 Å². The predicted octanol–water partition coefficient (Wildman–Crippen LogP) is 2.40. The van der Waals surface area contributed by atoms with Gasteiger partial charge in [0.05, 0.1) is 10.5 Å². The lowest BCUT2D eigenvalue weighted by Gasteiger charge is -2.34. The third kappa shape index (κ3) is 3.43. The molecule has 0 spiro atoms. The number of piperazine rings is 1. The first-order valence-corrected chi connectivity index (χ1v) is 11.2. The molecule has 4 aromatic rings. The zero-order chi connectivity index (χ0) is 21.6. The molecule has 158 valence electrons. The van der Waals surface area contributed by atoms with E-state index in [-0.39, 0.29) is 36.6 Å². The lowest BCUT2D eigenvalue weighted by atomic mass is 10.1. The van der Waals surface area contributed by atoms with Crippen molar-refractivity contribution in [1.29, 1.82) is 0 Å². The Morgan fingerprint density at radius 1 is 0.903 bits per heavy atom. The van der Waals surface area contributed by atoms with Crippen LogP contribution in [0.5, 0.6) is 0 Å². The molecule has 1 aromatic heterocycles. The van der Waals surface area contributed by atoms with Gasteiger partial charge in [0.1, 0.15) is 16.9 Å². The van der Waals surface area contributed by atoms with Gasteiger partial charge in [-0.25, -0.2) is 12.8 Å². The predicted molar refractivity (Wildman–Crippen MR) is 112 cm³/mol. The van der Waals surface area contributed by atoms with Crippen molar-refractivity contribution in [3.63, 3.8) is 0 Å². The van der Waals surface area contributed by atoms with Gasteiger partial charge in [-0.15, -0.1) is 0 Å². The number of fused-ring (bicyclic) bond motifs is 2. The second-order valence-corrected chi connectivity index (χ2v) is 9.29. The molecule has 8 nitrogen and oxygen atoms in total. The number of amides is 1. The van der Waals surface area contributed by atoms with E-state index in [0.717, 1.165) is 16.8 Å². The Bertz CT molecular complexity index is 1410. The van der Waals surface area contributed by atoms with Gasteiger partial charge in [0.15, 0.2) is 0 Å². The van der Waals surface area contributed by atoms with Crippen LogP contribution >= 0.6 is 0 Å². The minimum absolute atomic E-state index is 0.104. The SMILES string of the molecule is O=C(c1cc2n[nH]nc2cc1F)N1CCN(S(=O)(=O)c2ccc3ccccc3c2)CC1. The van der Waals surface area contributed by atoms with Crippen molar-refractivity contribution in [2.75, 3.05) is 26.2 Å². The molecule has 0 aliphatic carbocycles. The van der Waals surface area contributed by atoms with Crippen molar-refractivity contribution in [3.05, 3.63) is 66.0 Å². The third-order valence-electron chi connectivity index (χ3n) is 5.52. The number of sulfonamides is 1. The van der Waals surface area contributed by atoms with E-state index in [1.165, 1.54) is 15.3 Å². The first kappa shape index (κ1) is 19.6. The van der Waals surface area contributed by atoms with Crippen molar-refractivity contribution in [3.8, 4) is 0 Å². The zero-order valence-corrected chi connectivity index (χ0v) is 17.1. The summed E-state index contributed by atoms with van der Waals surface area (Å²) in [7, 11) is -3.70. The van der Waals surface area contributed by atoms with E-state index >= 15 is 0 Å². The number of hydrogen-bond donors (Lipinski definition) is 1. The number of hydrogen-bond acceptors (Lipinski definition) is 5. The lowest BCUT2D eigenvalue weighted by Crippen LogP contribution is -2.50. The highest BCUT2D eigenvalue weighted by molar-refractivity contribution is 7.89. The molecule has 1 saturated heterocycles. The highest BCUT2D eigenvalue weighted by Crippen LogP contribution is 2.24. The van der Waals surface area contributed by atoms with Gasteiger partial charge in [-0.1, -0.05) is 30.3 Å². The van der Waals surface area contributed by atoms with Crippen molar-refractivity contribution in [2.45, 2.75) is 4.90 Å². The molecule has 0 atom stereocenters. The second kappa shape index (κ2) is 7.40. The molecule has 1 amide bonds. The fourth-order valence-corrected chi connectivity index (χ4v) is 5.26. The summed E-state index contributed by atoms with van der Waals surface area (Å²) < 4.78 is 41.9. The van der Waals surface area contributed by atoms with Crippen LogP contribution < -0.4 is 0 Å². The van der Waals surface area contributed by atoms with E-state index in [1.807, 2.05) is 24.3 Å². The quantitative estimate of drug-likeness (QED) is 0.529. The van der Waals surface area contributed by atoms with Crippen LogP contribution in [0.1, 0.15) is 10.4 Å². The molecule has 0 saturated carbocycles. The summed E-state index contributed by atoms with van der Waals surface area (Å²) >= 11 is 0. The molecule has 0 bridgehead atoms. The zero-order valence-electron chi connectivity index (χ0n) is 16.3. The van der Waals surface area contributed by atoms with Crippen LogP contribution in [0.2, 0.25) is 0 Å². The Labute approximate surface area is 177 Å². The fourth-order valence-electron chi connectivity index (χ4n) is 3.81. The van der Waals surface area contributed by atoms with Crippen molar-refractivity contribution in [2.24, 2.45) is 0 Å². The Kier molecular flexibility index (Phi) is 4.67. The average molecular weight is 439 g/mol. The fraction of sp³-hybridized carbons (Fsp3) is 0.190. The van der Waals surface area contributed by atoms with Gasteiger partial charge in [-0.2, -0.15) is 19.7 Å². The number of aromatic nitrogens is 3. The average Bonchev–Trinajstić information content (AvgIpc) is 3.25. The number of rotatable bonds is 3. The number of carbonyl (C=O) groups is 1. The third-order valence-corrected chi connectivity index (χ3v) is 7.41. The summed E-state index contributed by atoms with van der Waals surface area (Å²) in [6.07, 6.45) is 0. The molecule has 1 N–H and O–H groups in total. The maximum Gasteiger partial charge on any atom is 0.257 e. The van der Waals surface area contributed by atoms with Crippen LogP contribution in [0.15, 0.2) is 59.5 Å². The molecule has 0 unspecified atom stereocenters. The van der Waals surface area contributed by atoms with E-state index in [9.17, 15) is 17.6 Å². The normalized spacial score (nSPS) is 15.6. The van der Waals surface area contributed by atoms with E-state index in [0.29, 0.717) is 11.0 Å². The Balaban J connectivity index is 1.34.